The van der Waals surface area contributed by atoms with E-state index >= 15 is 0 Å². The normalized spacial score (nSPS) is 13.0. The molecule has 1 N–H and O–H groups in total. The van der Waals surface area contributed by atoms with Crippen molar-refractivity contribution in [2.45, 2.75) is 57.7 Å². The first kappa shape index (κ1) is 20.8. The van der Waals surface area contributed by atoms with Crippen LogP contribution in [0.15, 0.2) is 77.9 Å². The van der Waals surface area contributed by atoms with Gasteiger partial charge in [-0.05, 0) is 42.8 Å². The highest BCUT2D eigenvalue weighted by Gasteiger charge is 2.21. The molecule has 0 saturated carbocycles. The standard InChI is InChI=1S/C23H30N4/c1-4-11-21(26-27-24)17-22(16-18(2)3)25-23(19-12-7-5-8-13-19)20-14-9-6-10-15-20/h5-10,12-15,21-23,25H,2,4,11,16-17H2,1,3H3. The third kappa shape index (κ3) is 6.93. The maximum atomic E-state index is 8.92. The monoisotopic (exact) mass is 362 g/mol. The molecule has 2 atom stereocenters. The summed E-state index contributed by atoms with van der Waals surface area (Å²) in [6, 6.07) is 21.2. The first-order chi connectivity index (χ1) is 13.1. The molecule has 0 aromatic heterocycles. The highest BCUT2D eigenvalue weighted by atomic mass is 15.1. The van der Waals surface area contributed by atoms with Gasteiger partial charge < -0.3 is 5.32 Å². The Labute approximate surface area is 162 Å². The van der Waals surface area contributed by atoms with Gasteiger partial charge in [-0.25, -0.2) is 0 Å². The fraction of sp³-hybridized carbons (Fsp3) is 0.391. The average molecular weight is 363 g/mol. The zero-order valence-corrected chi connectivity index (χ0v) is 16.4. The Bertz CT molecular complexity index is 696. The first-order valence-electron chi connectivity index (χ1n) is 9.68. The smallest absolute Gasteiger partial charge is 0.0578 e. The van der Waals surface area contributed by atoms with Crippen LogP contribution in [0.1, 0.15) is 56.7 Å². The zero-order valence-electron chi connectivity index (χ0n) is 16.4. The van der Waals surface area contributed by atoms with Crippen LogP contribution < -0.4 is 5.32 Å². The molecule has 0 amide bonds. The Balaban J connectivity index is 2.29. The van der Waals surface area contributed by atoms with E-state index in [9.17, 15) is 0 Å². The predicted octanol–water partition coefficient (Wildman–Crippen LogP) is 6.57. The number of nitrogens with one attached hydrogen (secondary N) is 1. The van der Waals surface area contributed by atoms with Crippen LogP contribution in [0.25, 0.3) is 10.4 Å². The van der Waals surface area contributed by atoms with Gasteiger partial charge in [-0.15, -0.1) is 6.58 Å². The van der Waals surface area contributed by atoms with E-state index in [1.807, 2.05) is 12.1 Å². The molecule has 0 spiro atoms. The first-order valence-corrected chi connectivity index (χ1v) is 9.68. The number of hydrogen-bond donors (Lipinski definition) is 1. The number of rotatable bonds is 11. The zero-order chi connectivity index (χ0) is 19.5. The Morgan fingerprint density at radius 3 is 2.07 bits per heavy atom. The molecule has 0 fully saturated rings. The Morgan fingerprint density at radius 2 is 1.63 bits per heavy atom. The summed E-state index contributed by atoms with van der Waals surface area (Å²) in [4.78, 5) is 3.06. The van der Waals surface area contributed by atoms with Gasteiger partial charge in [-0.3, -0.25) is 0 Å². The number of azide groups is 1. The van der Waals surface area contributed by atoms with Crippen LogP contribution in [-0.4, -0.2) is 12.1 Å². The minimum atomic E-state index is 0.00375. The van der Waals surface area contributed by atoms with Gasteiger partial charge in [-0.1, -0.05) is 84.7 Å². The van der Waals surface area contributed by atoms with Crippen molar-refractivity contribution in [2.24, 2.45) is 5.11 Å². The van der Waals surface area contributed by atoms with Crippen molar-refractivity contribution in [2.75, 3.05) is 0 Å². The van der Waals surface area contributed by atoms with Crippen LogP contribution in [0.4, 0.5) is 0 Å². The molecule has 0 bridgehead atoms. The van der Waals surface area contributed by atoms with Gasteiger partial charge in [0.2, 0.25) is 0 Å². The molecular weight excluding hydrogens is 332 g/mol. The van der Waals surface area contributed by atoms with Crippen molar-refractivity contribution >= 4 is 0 Å². The van der Waals surface area contributed by atoms with Gasteiger partial charge in [0.05, 0.1) is 6.04 Å². The van der Waals surface area contributed by atoms with Crippen LogP contribution in [0.2, 0.25) is 0 Å². The fourth-order valence-electron chi connectivity index (χ4n) is 3.50. The molecule has 0 saturated heterocycles. The van der Waals surface area contributed by atoms with Crippen molar-refractivity contribution in [3.63, 3.8) is 0 Å². The lowest BCUT2D eigenvalue weighted by Gasteiger charge is -2.29. The van der Waals surface area contributed by atoms with Gasteiger partial charge in [0.15, 0.2) is 0 Å². The van der Waals surface area contributed by atoms with Crippen molar-refractivity contribution in [3.8, 4) is 0 Å². The molecule has 27 heavy (non-hydrogen) atoms. The third-order valence-corrected chi connectivity index (χ3v) is 4.66. The second-order valence-electron chi connectivity index (χ2n) is 7.16. The molecular formula is C23H30N4. The summed E-state index contributed by atoms with van der Waals surface area (Å²) >= 11 is 0. The van der Waals surface area contributed by atoms with Crippen molar-refractivity contribution in [3.05, 3.63) is 94.4 Å². The van der Waals surface area contributed by atoms with Crippen molar-refractivity contribution < 1.29 is 0 Å². The molecule has 2 unspecified atom stereocenters. The van der Waals surface area contributed by atoms with Gasteiger partial charge >= 0.3 is 0 Å². The van der Waals surface area contributed by atoms with E-state index in [1.165, 1.54) is 11.1 Å². The summed E-state index contributed by atoms with van der Waals surface area (Å²) in [5, 5.41) is 7.85. The second kappa shape index (κ2) is 11.2. The summed E-state index contributed by atoms with van der Waals surface area (Å²) in [5.74, 6) is 0. The lowest BCUT2D eigenvalue weighted by Crippen LogP contribution is -2.36. The average Bonchev–Trinajstić information content (AvgIpc) is 2.67. The molecule has 0 radical (unpaired) electrons. The van der Waals surface area contributed by atoms with Crippen LogP contribution in [-0.2, 0) is 0 Å². The van der Waals surface area contributed by atoms with E-state index < -0.39 is 0 Å². The van der Waals surface area contributed by atoms with Crippen LogP contribution in [0.3, 0.4) is 0 Å². The molecule has 0 aliphatic rings. The van der Waals surface area contributed by atoms with Gasteiger partial charge in [0.1, 0.15) is 0 Å². The minimum absolute atomic E-state index is 0.00375. The van der Waals surface area contributed by atoms with E-state index in [1.54, 1.807) is 0 Å². The fourth-order valence-corrected chi connectivity index (χ4v) is 3.50. The van der Waals surface area contributed by atoms with Crippen molar-refractivity contribution in [1.29, 1.82) is 0 Å². The van der Waals surface area contributed by atoms with Gasteiger partial charge in [-0.2, -0.15) is 0 Å². The maximum absolute atomic E-state index is 8.92. The lowest BCUT2D eigenvalue weighted by molar-refractivity contribution is 0.397. The molecule has 4 nitrogen and oxygen atoms in total. The van der Waals surface area contributed by atoms with Crippen molar-refractivity contribution in [1.82, 2.24) is 5.32 Å². The summed E-state index contributed by atoms with van der Waals surface area (Å²) in [6.45, 7) is 8.28. The molecule has 0 aliphatic heterocycles. The molecule has 2 rings (SSSR count). The minimum Gasteiger partial charge on any atom is -0.303 e. The van der Waals surface area contributed by atoms with E-state index in [-0.39, 0.29) is 18.1 Å². The number of hydrogen-bond acceptors (Lipinski definition) is 2. The van der Waals surface area contributed by atoms with Crippen LogP contribution >= 0.6 is 0 Å². The van der Waals surface area contributed by atoms with Gasteiger partial charge in [0.25, 0.3) is 0 Å². The summed E-state index contributed by atoms with van der Waals surface area (Å²) in [6.07, 6.45) is 3.57. The SMILES string of the molecule is C=C(C)CC(CC(CCC)N=[N+]=[N-])NC(c1ccccc1)c1ccccc1. The van der Waals surface area contributed by atoms with Crippen LogP contribution in [0, 0.1) is 0 Å². The topological polar surface area (TPSA) is 60.8 Å². The molecule has 0 heterocycles. The highest BCUT2D eigenvalue weighted by molar-refractivity contribution is 5.31. The van der Waals surface area contributed by atoms with E-state index in [2.05, 4.69) is 84.3 Å². The van der Waals surface area contributed by atoms with E-state index in [0.29, 0.717) is 0 Å². The quantitative estimate of drug-likeness (QED) is 0.209. The molecule has 0 aliphatic carbocycles. The number of benzene rings is 2. The lowest BCUT2D eigenvalue weighted by atomic mass is 9.93. The Hall–Kier alpha value is -2.55. The molecule has 142 valence electrons. The predicted molar refractivity (Wildman–Crippen MR) is 114 cm³/mol. The summed E-state index contributed by atoms with van der Waals surface area (Å²) in [5.41, 5.74) is 12.5. The Kier molecular flexibility index (Phi) is 8.63. The van der Waals surface area contributed by atoms with Gasteiger partial charge in [0, 0.05) is 17.0 Å². The third-order valence-electron chi connectivity index (χ3n) is 4.66. The molecule has 2 aromatic rings. The number of nitrogens with zero attached hydrogens (tertiary/aromatic N) is 3. The second-order valence-corrected chi connectivity index (χ2v) is 7.16. The Morgan fingerprint density at radius 1 is 1.07 bits per heavy atom. The highest BCUT2D eigenvalue weighted by Crippen LogP contribution is 2.25. The largest absolute Gasteiger partial charge is 0.303 e. The summed E-state index contributed by atoms with van der Waals surface area (Å²) < 4.78 is 0. The molecule has 2 aromatic carbocycles. The van der Waals surface area contributed by atoms with E-state index in [4.69, 9.17) is 5.53 Å². The molecule has 4 heteroatoms. The maximum Gasteiger partial charge on any atom is 0.0578 e. The van der Waals surface area contributed by atoms with E-state index in [0.717, 1.165) is 31.3 Å². The summed E-state index contributed by atoms with van der Waals surface area (Å²) in [7, 11) is 0. The van der Waals surface area contributed by atoms with Crippen LogP contribution in [0.5, 0.6) is 0 Å².